The van der Waals surface area contributed by atoms with Gasteiger partial charge in [-0.25, -0.2) is 4.98 Å². The maximum atomic E-state index is 12.4. The highest BCUT2D eigenvalue weighted by atomic mass is 35.5. The van der Waals surface area contributed by atoms with Gasteiger partial charge in [-0.2, -0.15) is 4.98 Å². The average Bonchev–Trinajstić information content (AvgIpc) is 3.27. The SMILES string of the molecule is O=C(Nc1c(Cl)cccc1Cl)c1cnc(Cl)nc1OC1CC1. The van der Waals surface area contributed by atoms with Gasteiger partial charge in [-0.3, -0.25) is 4.79 Å². The highest BCUT2D eigenvalue weighted by Gasteiger charge is 2.27. The molecule has 0 atom stereocenters. The fourth-order valence-electron chi connectivity index (χ4n) is 1.73. The van der Waals surface area contributed by atoms with Crippen molar-refractivity contribution < 1.29 is 9.53 Å². The Morgan fingerprint density at radius 1 is 1.23 bits per heavy atom. The topological polar surface area (TPSA) is 64.1 Å². The molecule has 0 aliphatic heterocycles. The summed E-state index contributed by atoms with van der Waals surface area (Å²) in [5.74, 6) is -0.314. The third kappa shape index (κ3) is 3.43. The molecule has 8 heteroatoms. The van der Waals surface area contributed by atoms with E-state index in [2.05, 4.69) is 15.3 Å². The second kappa shape index (κ2) is 6.28. The molecule has 22 heavy (non-hydrogen) atoms. The molecule has 1 saturated carbocycles. The third-order valence-corrected chi connectivity index (χ3v) is 3.79. The summed E-state index contributed by atoms with van der Waals surface area (Å²) in [6, 6.07) is 4.94. The number of hydrogen-bond donors (Lipinski definition) is 1. The fourth-order valence-corrected chi connectivity index (χ4v) is 2.35. The number of benzene rings is 1. The van der Waals surface area contributed by atoms with Gasteiger partial charge in [0.25, 0.3) is 5.91 Å². The van der Waals surface area contributed by atoms with Crippen LogP contribution in [0.5, 0.6) is 5.88 Å². The van der Waals surface area contributed by atoms with E-state index >= 15 is 0 Å². The van der Waals surface area contributed by atoms with Crippen molar-refractivity contribution in [2.75, 3.05) is 5.32 Å². The van der Waals surface area contributed by atoms with Crippen molar-refractivity contribution in [3.63, 3.8) is 0 Å². The first-order valence-electron chi connectivity index (χ1n) is 6.49. The first-order chi connectivity index (χ1) is 10.5. The number of para-hydroxylation sites is 1. The van der Waals surface area contributed by atoms with Gasteiger partial charge in [-0.15, -0.1) is 0 Å². The lowest BCUT2D eigenvalue weighted by Crippen LogP contribution is -2.16. The fraction of sp³-hybridized carbons (Fsp3) is 0.214. The summed E-state index contributed by atoms with van der Waals surface area (Å²) in [6.07, 6.45) is 3.24. The van der Waals surface area contributed by atoms with Gasteiger partial charge in [0.15, 0.2) is 0 Å². The second-order valence-corrected chi connectivity index (χ2v) is 5.88. The first-order valence-corrected chi connectivity index (χ1v) is 7.62. The maximum absolute atomic E-state index is 12.4. The second-order valence-electron chi connectivity index (χ2n) is 4.73. The summed E-state index contributed by atoms with van der Waals surface area (Å²) >= 11 is 17.8. The molecule has 0 spiro atoms. The number of carbonyl (C=O) groups excluding carboxylic acids is 1. The van der Waals surface area contributed by atoms with Crippen LogP contribution < -0.4 is 10.1 Å². The van der Waals surface area contributed by atoms with E-state index in [4.69, 9.17) is 39.5 Å². The van der Waals surface area contributed by atoms with E-state index in [0.717, 1.165) is 12.8 Å². The molecule has 2 aromatic rings. The lowest BCUT2D eigenvalue weighted by molar-refractivity contribution is 0.102. The quantitative estimate of drug-likeness (QED) is 0.831. The van der Waals surface area contributed by atoms with Gasteiger partial charge in [0.1, 0.15) is 11.7 Å². The molecule has 1 aromatic heterocycles. The monoisotopic (exact) mass is 357 g/mol. The zero-order valence-corrected chi connectivity index (χ0v) is 13.4. The van der Waals surface area contributed by atoms with E-state index < -0.39 is 5.91 Å². The highest BCUT2D eigenvalue weighted by Crippen LogP contribution is 2.32. The van der Waals surface area contributed by atoms with Gasteiger partial charge in [0.05, 0.1) is 15.7 Å². The standard InChI is InChI=1S/C14H10Cl3N3O2/c15-9-2-1-3-10(16)11(9)19-12(21)8-6-18-14(17)20-13(8)22-7-4-5-7/h1-3,6-7H,4-5H2,(H,19,21). The Balaban J connectivity index is 1.88. The minimum absolute atomic E-state index is 0.0166. The highest BCUT2D eigenvalue weighted by molar-refractivity contribution is 6.40. The van der Waals surface area contributed by atoms with E-state index in [0.29, 0.717) is 15.7 Å². The van der Waals surface area contributed by atoms with Crippen LogP contribution in [0.4, 0.5) is 5.69 Å². The molecule has 3 rings (SSSR count). The van der Waals surface area contributed by atoms with Crippen LogP contribution in [-0.4, -0.2) is 22.0 Å². The number of halogens is 3. The van der Waals surface area contributed by atoms with Crippen molar-refractivity contribution in [2.24, 2.45) is 0 Å². The minimum atomic E-state index is -0.470. The Morgan fingerprint density at radius 2 is 1.91 bits per heavy atom. The third-order valence-electron chi connectivity index (χ3n) is 2.97. The maximum Gasteiger partial charge on any atom is 0.262 e. The van der Waals surface area contributed by atoms with Gasteiger partial charge in [-0.1, -0.05) is 29.3 Å². The number of nitrogens with one attached hydrogen (secondary N) is 1. The summed E-state index contributed by atoms with van der Waals surface area (Å²) in [6.45, 7) is 0. The number of aromatic nitrogens is 2. The van der Waals surface area contributed by atoms with Gasteiger partial charge in [-0.05, 0) is 36.6 Å². The van der Waals surface area contributed by atoms with Crippen LogP contribution in [0.15, 0.2) is 24.4 Å². The zero-order valence-electron chi connectivity index (χ0n) is 11.1. The van der Waals surface area contributed by atoms with Gasteiger partial charge in [0, 0.05) is 6.20 Å². The molecule has 1 aliphatic rings. The molecule has 0 radical (unpaired) electrons. The molecular weight excluding hydrogens is 349 g/mol. The molecule has 1 aromatic carbocycles. The molecule has 0 bridgehead atoms. The number of hydrogen-bond acceptors (Lipinski definition) is 4. The summed E-state index contributed by atoms with van der Waals surface area (Å²) in [5, 5.41) is 3.33. The van der Waals surface area contributed by atoms with Crippen LogP contribution in [0.3, 0.4) is 0 Å². The van der Waals surface area contributed by atoms with Gasteiger partial charge in [0.2, 0.25) is 11.2 Å². The molecule has 0 saturated heterocycles. The van der Waals surface area contributed by atoms with Crippen LogP contribution in [0.2, 0.25) is 15.3 Å². The van der Waals surface area contributed by atoms with E-state index in [9.17, 15) is 4.79 Å². The Morgan fingerprint density at radius 3 is 2.55 bits per heavy atom. The van der Waals surface area contributed by atoms with Crippen molar-refractivity contribution in [2.45, 2.75) is 18.9 Å². The molecule has 114 valence electrons. The Hall–Kier alpha value is -1.56. The predicted octanol–water partition coefficient (Wildman–Crippen LogP) is 4.23. The summed E-state index contributed by atoms with van der Waals surface area (Å²) < 4.78 is 5.59. The number of amides is 1. The Kier molecular flexibility index (Phi) is 4.38. The van der Waals surface area contributed by atoms with E-state index in [1.54, 1.807) is 18.2 Å². The van der Waals surface area contributed by atoms with Crippen molar-refractivity contribution in [3.05, 3.63) is 45.3 Å². The lowest BCUT2D eigenvalue weighted by atomic mass is 10.2. The molecule has 5 nitrogen and oxygen atoms in total. The van der Waals surface area contributed by atoms with Gasteiger partial charge < -0.3 is 10.1 Å². The zero-order chi connectivity index (χ0) is 15.7. The van der Waals surface area contributed by atoms with Crippen molar-refractivity contribution in [1.29, 1.82) is 0 Å². The normalized spacial score (nSPS) is 13.8. The molecule has 1 N–H and O–H groups in total. The molecule has 1 heterocycles. The number of anilines is 1. The van der Waals surface area contributed by atoms with Crippen LogP contribution in [0.1, 0.15) is 23.2 Å². The van der Waals surface area contributed by atoms with Crippen molar-refractivity contribution in [1.82, 2.24) is 9.97 Å². The molecule has 1 aliphatic carbocycles. The largest absolute Gasteiger partial charge is 0.474 e. The van der Waals surface area contributed by atoms with Crippen LogP contribution in [0.25, 0.3) is 0 Å². The Bertz CT molecular complexity index is 715. The number of nitrogens with zero attached hydrogens (tertiary/aromatic N) is 2. The average molecular weight is 359 g/mol. The molecule has 0 unspecified atom stereocenters. The minimum Gasteiger partial charge on any atom is -0.474 e. The summed E-state index contributed by atoms with van der Waals surface area (Å²) in [4.78, 5) is 20.2. The predicted molar refractivity (Wildman–Crippen MR) is 85.1 cm³/mol. The lowest BCUT2D eigenvalue weighted by Gasteiger charge is -2.12. The van der Waals surface area contributed by atoms with Gasteiger partial charge >= 0.3 is 0 Å². The number of carbonyl (C=O) groups is 1. The van der Waals surface area contributed by atoms with E-state index in [1.165, 1.54) is 6.20 Å². The summed E-state index contributed by atoms with van der Waals surface area (Å²) in [7, 11) is 0. The van der Waals surface area contributed by atoms with Crippen molar-refractivity contribution in [3.8, 4) is 5.88 Å². The van der Waals surface area contributed by atoms with E-state index in [-0.39, 0.29) is 22.8 Å². The van der Waals surface area contributed by atoms with Crippen LogP contribution in [-0.2, 0) is 0 Å². The molecular formula is C14H10Cl3N3O2. The first kappa shape index (κ1) is 15.3. The van der Waals surface area contributed by atoms with Crippen molar-refractivity contribution >= 4 is 46.4 Å². The number of rotatable bonds is 4. The number of ether oxygens (including phenoxy) is 1. The smallest absolute Gasteiger partial charge is 0.262 e. The summed E-state index contributed by atoms with van der Waals surface area (Å²) in [5.41, 5.74) is 0.496. The Labute approximate surface area is 141 Å². The molecule has 1 amide bonds. The van der Waals surface area contributed by atoms with Crippen LogP contribution >= 0.6 is 34.8 Å². The van der Waals surface area contributed by atoms with Crippen LogP contribution in [0, 0.1) is 0 Å². The van der Waals surface area contributed by atoms with E-state index in [1.807, 2.05) is 0 Å². The molecule has 1 fully saturated rings.